The Morgan fingerprint density at radius 3 is 2.24 bits per heavy atom. The average Bonchev–Trinajstić information content (AvgIpc) is 3.41. The van der Waals surface area contributed by atoms with Gasteiger partial charge in [-0.1, -0.05) is 58.9 Å². The zero-order chi connectivity index (χ0) is 23.8. The van der Waals surface area contributed by atoms with Crippen LogP contribution in [0, 0.1) is 5.92 Å². The van der Waals surface area contributed by atoms with Crippen molar-refractivity contribution in [3.8, 4) is 0 Å². The van der Waals surface area contributed by atoms with Crippen LogP contribution in [0.1, 0.15) is 69.1 Å². The van der Waals surface area contributed by atoms with Gasteiger partial charge < -0.3 is 14.8 Å². The van der Waals surface area contributed by atoms with Crippen LogP contribution in [0.25, 0.3) is 10.9 Å². The second-order valence-electron chi connectivity index (χ2n) is 10.5. The molecule has 1 saturated heterocycles. The minimum absolute atomic E-state index is 0.0129. The van der Waals surface area contributed by atoms with Crippen LogP contribution in [0.2, 0.25) is 0 Å². The summed E-state index contributed by atoms with van der Waals surface area (Å²) < 4.78 is 2.12. The summed E-state index contributed by atoms with van der Waals surface area (Å²) in [5, 5.41) is 3.94. The van der Waals surface area contributed by atoms with E-state index in [0.717, 1.165) is 48.1 Å². The summed E-state index contributed by atoms with van der Waals surface area (Å²) in [4.78, 5) is 27.5. The highest BCUT2D eigenvalue weighted by Crippen LogP contribution is 2.28. The van der Waals surface area contributed by atoms with Crippen molar-refractivity contribution in [3.05, 3.63) is 65.4 Å². The summed E-state index contributed by atoms with van der Waals surface area (Å²) in [6.45, 7) is 12.6. The number of aromatic nitrogens is 1. The Bertz CT molecular complexity index is 1160. The molecule has 0 bridgehead atoms. The van der Waals surface area contributed by atoms with E-state index in [4.69, 9.17) is 0 Å². The first-order valence-electron chi connectivity index (χ1n) is 12.0. The van der Waals surface area contributed by atoms with Crippen LogP contribution in [0.3, 0.4) is 0 Å². The fourth-order valence-corrected chi connectivity index (χ4v) is 4.36. The molecule has 1 aliphatic rings. The Morgan fingerprint density at radius 2 is 1.64 bits per heavy atom. The van der Waals surface area contributed by atoms with Crippen molar-refractivity contribution < 1.29 is 9.59 Å². The molecule has 33 heavy (non-hydrogen) atoms. The first kappa shape index (κ1) is 23.1. The van der Waals surface area contributed by atoms with Crippen molar-refractivity contribution in [1.29, 1.82) is 0 Å². The van der Waals surface area contributed by atoms with Crippen LogP contribution in [0.15, 0.2) is 48.5 Å². The number of anilines is 1. The predicted octanol–water partition coefficient (Wildman–Crippen LogP) is 5.82. The van der Waals surface area contributed by atoms with Gasteiger partial charge in [0.1, 0.15) is 5.69 Å². The molecule has 2 heterocycles. The zero-order valence-electron chi connectivity index (χ0n) is 20.4. The molecule has 1 fully saturated rings. The normalized spacial score (nSPS) is 14.3. The predicted molar refractivity (Wildman–Crippen MR) is 135 cm³/mol. The van der Waals surface area contributed by atoms with Gasteiger partial charge in [0.2, 0.25) is 5.91 Å². The molecule has 1 N–H and O–H groups in total. The Kier molecular flexibility index (Phi) is 6.33. The number of amides is 2. The smallest absolute Gasteiger partial charge is 0.270 e. The van der Waals surface area contributed by atoms with Crippen molar-refractivity contribution >= 4 is 28.4 Å². The third kappa shape index (κ3) is 4.97. The number of nitrogens with zero attached hydrogens (tertiary/aromatic N) is 2. The average molecular weight is 446 g/mol. The van der Waals surface area contributed by atoms with E-state index < -0.39 is 0 Å². The topological polar surface area (TPSA) is 54.3 Å². The van der Waals surface area contributed by atoms with Crippen LogP contribution in [-0.4, -0.2) is 34.4 Å². The van der Waals surface area contributed by atoms with Crippen LogP contribution in [0.5, 0.6) is 0 Å². The number of rotatable bonds is 5. The van der Waals surface area contributed by atoms with Crippen molar-refractivity contribution in [2.45, 2.75) is 59.4 Å². The lowest BCUT2D eigenvalue weighted by Gasteiger charge is -2.20. The van der Waals surface area contributed by atoms with Gasteiger partial charge in [-0.15, -0.1) is 0 Å². The number of hydrogen-bond acceptors (Lipinski definition) is 2. The summed E-state index contributed by atoms with van der Waals surface area (Å²) >= 11 is 0. The molecule has 0 aliphatic carbocycles. The summed E-state index contributed by atoms with van der Waals surface area (Å²) in [6.07, 6.45) is 2.12. The molecule has 0 atom stereocenters. The molecule has 0 unspecified atom stereocenters. The summed E-state index contributed by atoms with van der Waals surface area (Å²) in [5.41, 5.74) is 5.02. The number of benzene rings is 2. The van der Waals surface area contributed by atoms with Gasteiger partial charge in [-0.3, -0.25) is 9.59 Å². The molecule has 5 nitrogen and oxygen atoms in total. The fraction of sp³-hybridized carbons (Fsp3) is 0.429. The Morgan fingerprint density at radius 1 is 0.970 bits per heavy atom. The van der Waals surface area contributed by atoms with Gasteiger partial charge in [-0.25, -0.2) is 0 Å². The van der Waals surface area contributed by atoms with Gasteiger partial charge >= 0.3 is 0 Å². The molecule has 0 radical (unpaired) electrons. The number of hydrogen-bond donors (Lipinski definition) is 1. The van der Waals surface area contributed by atoms with E-state index in [1.807, 2.05) is 43.0 Å². The number of carbonyl (C=O) groups excluding carboxylic acids is 2. The fourth-order valence-electron chi connectivity index (χ4n) is 4.36. The summed E-state index contributed by atoms with van der Waals surface area (Å²) in [6, 6.07) is 16.6. The minimum Gasteiger partial charge on any atom is -0.337 e. The van der Waals surface area contributed by atoms with E-state index in [2.05, 4.69) is 54.9 Å². The highest BCUT2D eigenvalue weighted by molar-refractivity contribution is 6.01. The lowest BCUT2D eigenvalue weighted by molar-refractivity contribution is -0.118. The standard InChI is InChI=1S/C28H35N3O2/c1-19(2)26(32)29-23-12-13-24-21(16-23)17-25(27(33)30-14-6-7-15-30)31(24)18-20-8-10-22(11-9-20)28(3,4)5/h8-13,16-17,19H,6-7,14-15,18H2,1-5H3,(H,29,32). The van der Waals surface area contributed by atoms with E-state index in [9.17, 15) is 9.59 Å². The van der Waals surface area contributed by atoms with Crippen molar-refractivity contribution in [2.75, 3.05) is 18.4 Å². The summed E-state index contributed by atoms with van der Waals surface area (Å²) in [5.74, 6) is -0.0162. The Labute approximate surface area is 196 Å². The van der Waals surface area contributed by atoms with Gasteiger partial charge in [0.15, 0.2) is 0 Å². The largest absolute Gasteiger partial charge is 0.337 e. The number of likely N-dealkylation sites (tertiary alicyclic amines) is 1. The monoisotopic (exact) mass is 445 g/mol. The molecule has 3 aromatic rings. The molecular formula is C28H35N3O2. The third-order valence-corrected chi connectivity index (χ3v) is 6.47. The van der Waals surface area contributed by atoms with Gasteiger partial charge in [-0.2, -0.15) is 0 Å². The van der Waals surface area contributed by atoms with Crippen molar-refractivity contribution in [3.63, 3.8) is 0 Å². The first-order chi connectivity index (χ1) is 15.6. The van der Waals surface area contributed by atoms with Gasteiger partial charge in [0, 0.05) is 42.1 Å². The molecule has 5 heteroatoms. The zero-order valence-corrected chi connectivity index (χ0v) is 20.4. The number of carbonyl (C=O) groups is 2. The first-order valence-corrected chi connectivity index (χ1v) is 12.0. The number of nitrogens with one attached hydrogen (secondary N) is 1. The molecule has 0 spiro atoms. The SMILES string of the molecule is CC(C)C(=O)Nc1ccc2c(c1)cc(C(=O)N1CCCC1)n2Cc1ccc(C(C)(C)C)cc1. The molecular weight excluding hydrogens is 410 g/mol. The minimum atomic E-state index is -0.0892. The van der Waals surface area contributed by atoms with Gasteiger partial charge in [-0.05, 0) is 53.6 Å². The van der Waals surface area contributed by atoms with E-state index >= 15 is 0 Å². The van der Waals surface area contributed by atoms with E-state index in [1.165, 1.54) is 5.56 Å². The third-order valence-electron chi connectivity index (χ3n) is 6.47. The molecule has 174 valence electrons. The second-order valence-corrected chi connectivity index (χ2v) is 10.5. The molecule has 1 aromatic heterocycles. The lowest BCUT2D eigenvalue weighted by atomic mass is 9.87. The van der Waals surface area contributed by atoms with Crippen molar-refractivity contribution in [2.24, 2.45) is 5.92 Å². The lowest BCUT2D eigenvalue weighted by Crippen LogP contribution is -2.29. The number of fused-ring (bicyclic) bond motifs is 1. The molecule has 2 amide bonds. The molecule has 4 rings (SSSR count). The van der Waals surface area contributed by atoms with E-state index in [-0.39, 0.29) is 23.1 Å². The Hall–Kier alpha value is -3.08. The van der Waals surface area contributed by atoms with Crippen LogP contribution in [-0.2, 0) is 16.8 Å². The van der Waals surface area contributed by atoms with Gasteiger partial charge in [0.25, 0.3) is 5.91 Å². The van der Waals surface area contributed by atoms with Gasteiger partial charge in [0.05, 0.1) is 0 Å². The maximum absolute atomic E-state index is 13.4. The Balaban J connectivity index is 1.72. The molecule has 2 aromatic carbocycles. The maximum atomic E-state index is 13.4. The molecule has 0 saturated carbocycles. The highest BCUT2D eigenvalue weighted by Gasteiger charge is 2.24. The maximum Gasteiger partial charge on any atom is 0.270 e. The van der Waals surface area contributed by atoms with Crippen LogP contribution >= 0.6 is 0 Å². The molecule has 1 aliphatic heterocycles. The second kappa shape index (κ2) is 9.05. The quantitative estimate of drug-likeness (QED) is 0.538. The summed E-state index contributed by atoms with van der Waals surface area (Å²) in [7, 11) is 0. The van der Waals surface area contributed by atoms with E-state index in [1.54, 1.807) is 0 Å². The van der Waals surface area contributed by atoms with Crippen LogP contribution in [0.4, 0.5) is 5.69 Å². The van der Waals surface area contributed by atoms with Crippen molar-refractivity contribution in [1.82, 2.24) is 9.47 Å². The highest BCUT2D eigenvalue weighted by atomic mass is 16.2. The van der Waals surface area contributed by atoms with Crippen LogP contribution < -0.4 is 5.32 Å². The van der Waals surface area contributed by atoms with E-state index in [0.29, 0.717) is 12.2 Å².